The van der Waals surface area contributed by atoms with Crippen LogP contribution in [0.15, 0.2) is 23.1 Å². The smallest absolute Gasteiger partial charge is 0.253 e. The number of amides is 1. The number of nitrogens with zero attached hydrogens (tertiary/aromatic N) is 2. The maximum atomic E-state index is 11.8. The number of hydrogen-bond donors (Lipinski definition) is 1. The first kappa shape index (κ1) is 12.0. The van der Waals surface area contributed by atoms with Crippen LogP contribution in [0.25, 0.3) is 0 Å². The van der Waals surface area contributed by atoms with Crippen molar-refractivity contribution in [2.45, 2.75) is 6.92 Å². The van der Waals surface area contributed by atoms with Crippen molar-refractivity contribution in [2.24, 2.45) is 5.92 Å². The van der Waals surface area contributed by atoms with Crippen molar-refractivity contribution >= 4 is 5.91 Å². The van der Waals surface area contributed by atoms with E-state index in [2.05, 4.69) is 11.1 Å². The quantitative estimate of drug-likeness (QED) is 0.809. The van der Waals surface area contributed by atoms with Gasteiger partial charge in [0.2, 0.25) is 5.56 Å². The van der Waals surface area contributed by atoms with Gasteiger partial charge >= 0.3 is 0 Å². The molecule has 1 atom stereocenters. The fourth-order valence-electron chi connectivity index (χ4n) is 1.33. The van der Waals surface area contributed by atoms with Crippen LogP contribution in [0.4, 0.5) is 0 Å². The van der Waals surface area contributed by atoms with E-state index in [-0.39, 0.29) is 17.4 Å². The number of carbonyl (C=O) groups excluding carboxylic acids is 1. The van der Waals surface area contributed by atoms with Crippen molar-refractivity contribution in [3.05, 3.63) is 34.2 Å². The normalized spacial score (nSPS) is 11.6. The maximum Gasteiger partial charge on any atom is 0.253 e. The molecule has 0 spiro atoms. The highest BCUT2D eigenvalue weighted by Crippen LogP contribution is 2.03. The third kappa shape index (κ3) is 2.95. The molecule has 1 aromatic heterocycles. The van der Waals surface area contributed by atoms with Gasteiger partial charge in [-0.2, -0.15) is 5.26 Å². The Hall–Kier alpha value is -2.09. The molecular formula is C11H13N3O2. The van der Waals surface area contributed by atoms with Crippen LogP contribution in [-0.2, 0) is 0 Å². The van der Waals surface area contributed by atoms with Gasteiger partial charge in [-0.1, -0.05) is 0 Å². The molecule has 0 aromatic carbocycles. The zero-order chi connectivity index (χ0) is 12.1. The van der Waals surface area contributed by atoms with Crippen LogP contribution in [0.5, 0.6) is 0 Å². The van der Waals surface area contributed by atoms with Gasteiger partial charge in [-0.25, -0.2) is 0 Å². The second-order valence-corrected chi connectivity index (χ2v) is 3.66. The number of pyridine rings is 1. The van der Waals surface area contributed by atoms with Crippen molar-refractivity contribution < 1.29 is 4.79 Å². The van der Waals surface area contributed by atoms with Gasteiger partial charge in [0.05, 0.1) is 12.0 Å². The molecule has 0 aliphatic carbocycles. The molecule has 1 rings (SSSR count). The van der Waals surface area contributed by atoms with E-state index in [1.165, 1.54) is 23.2 Å². The number of aromatic amines is 1. The summed E-state index contributed by atoms with van der Waals surface area (Å²) in [5, 5.41) is 8.64. The van der Waals surface area contributed by atoms with Crippen LogP contribution < -0.4 is 5.56 Å². The minimum absolute atomic E-state index is 0.226. The summed E-state index contributed by atoms with van der Waals surface area (Å²) < 4.78 is 0. The lowest BCUT2D eigenvalue weighted by atomic mass is 10.2. The third-order valence-corrected chi connectivity index (χ3v) is 2.14. The lowest BCUT2D eigenvalue weighted by Crippen LogP contribution is -2.31. The number of nitrogens with one attached hydrogen (secondary N) is 1. The van der Waals surface area contributed by atoms with Crippen LogP contribution in [0.2, 0.25) is 0 Å². The van der Waals surface area contributed by atoms with Crippen LogP contribution in [-0.4, -0.2) is 29.4 Å². The van der Waals surface area contributed by atoms with Crippen LogP contribution >= 0.6 is 0 Å². The highest BCUT2D eigenvalue weighted by molar-refractivity contribution is 5.93. The highest BCUT2D eigenvalue weighted by atomic mass is 16.2. The summed E-state index contributed by atoms with van der Waals surface area (Å²) in [6, 6.07) is 4.84. The van der Waals surface area contributed by atoms with Gasteiger partial charge < -0.3 is 9.88 Å². The summed E-state index contributed by atoms with van der Waals surface area (Å²) >= 11 is 0. The monoisotopic (exact) mass is 219 g/mol. The van der Waals surface area contributed by atoms with Crippen molar-refractivity contribution in [3.8, 4) is 6.07 Å². The number of hydrogen-bond acceptors (Lipinski definition) is 3. The molecule has 1 heterocycles. The first-order chi connectivity index (χ1) is 7.54. The molecule has 16 heavy (non-hydrogen) atoms. The van der Waals surface area contributed by atoms with Crippen molar-refractivity contribution in [2.75, 3.05) is 13.6 Å². The van der Waals surface area contributed by atoms with Crippen LogP contribution in [0.3, 0.4) is 0 Å². The predicted molar refractivity (Wildman–Crippen MR) is 58.8 cm³/mol. The number of aromatic nitrogens is 1. The van der Waals surface area contributed by atoms with E-state index in [1.54, 1.807) is 14.0 Å². The number of rotatable bonds is 3. The van der Waals surface area contributed by atoms with Gasteiger partial charge in [-0.05, 0) is 13.0 Å². The van der Waals surface area contributed by atoms with Gasteiger partial charge in [0.25, 0.3) is 5.91 Å². The summed E-state index contributed by atoms with van der Waals surface area (Å²) in [4.78, 5) is 26.7. The second-order valence-electron chi connectivity index (χ2n) is 3.66. The van der Waals surface area contributed by atoms with Gasteiger partial charge in [-0.15, -0.1) is 0 Å². The molecule has 0 fully saturated rings. The number of nitriles is 1. The highest BCUT2D eigenvalue weighted by Gasteiger charge is 2.14. The molecule has 0 aliphatic rings. The van der Waals surface area contributed by atoms with E-state index in [1.807, 2.05) is 0 Å². The molecule has 0 radical (unpaired) electrons. The average molecular weight is 219 g/mol. The standard InChI is InChI=1S/C11H13N3O2/c1-8(6-12)7-14(2)11(16)9-3-4-13-10(15)5-9/h3-5,8H,7H2,1-2H3,(H,13,15). The first-order valence-electron chi connectivity index (χ1n) is 4.88. The molecule has 84 valence electrons. The average Bonchev–Trinajstić information content (AvgIpc) is 2.27. The Morgan fingerprint density at radius 2 is 2.38 bits per heavy atom. The molecule has 0 saturated carbocycles. The summed E-state index contributed by atoms with van der Waals surface area (Å²) in [5.74, 6) is -0.482. The van der Waals surface area contributed by atoms with Gasteiger partial charge in [-0.3, -0.25) is 9.59 Å². The molecule has 0 saturated heterocycles. The Bertz CT molecular complexity index is 473. The van der Waals surface area contributed by atoms with E-state index in [0.29, 0.717) is 12.1 Å². The van der Waals surface area contributed by atoms with Crippen molar-refractivity contribution in [1.29, 1.82) is 5.26 Å². The fourth-order valence-corrected chi connectivity index (χ4v) is 1.33. The molecule has 5 nitrogen and oxygen atoms in total. The summed E-state index contributed by atoms with van der Waals surface area (Å²) in [5.41, 5.74) is 0.0176. The fraction of sp³-hybridized carbons (Fsp3) is 0.364. The molecular weight excluding hydrogens is 206 g/mol. The molecule has 1 N–H and O–H groups in total. The van der Waals surface area contributed by atoms with Gasteiger partial charge in [0.1, 0.15) is 0 Å². The first-order valence-corrected chi connectivity index (χ1v) is 4.88. The van der Waals surface area contributed by atoms with Gasteiger partial charge in [0, 0.05) is 31.4 Å². The zero-order valence-electron chi connectivity index (χ0n) is 9.23. The Balaban J connectivity index is 2.79. The maximum absolute atomic E-state index is 11.8. The summed E-state index contributed by atoms with van der Waals surface area (Å²) in [6.07, 6.45) is 1.43. The second kappa shape index (κ2) is 5.12. The number of H-pyrrole nitrogens is 1. The Kier molecular flexibility index (Phi) is 3.84. The molecule has 1 unspecified atom stereocenters. The van der Waals surface area contributed by atoms with E-state index < -0.39 is 0 Å². The summed E-state index contributed by atoms with van der Waals surface area (Å²) in [6.45, 7) is 2.09. The Labute approximate surface area is 93.3 Å². The minimum atomic E-state index is -0.312. The SMILES string of the molecule is CC(C#N)CN(C)C(=O)c1cc[nH]c(=O)c1. The van der Waals surface area contributed by atoms with Crippen LogP contribution in [0, 0.1) is 17.2 Å². The molecule has 1 amide bonds. The molecule has 0 aliphatic heterocycles. The van der Waals surface area contributed by atoms with E-state index in [0.717, 1.165) is 0 Å². The Morgan fingerprint density at radius 1 is 1.69 bits per heavy atom. The lowest BCUT2D eigenvalue weighted by molar-refractivity contribution is 0.0785. The predicted octanol–water partition coefficient (Wildman–Crippen LogP) is 0.607. The van der Waals surface area contributed by atoms with E-state index in [4.69, 9.17) is 5.26 Å². The molecule has 1 aromatic rings. The number of carbonyl (C=O) groups is 1. The summed E-state index contributed by atoms with van der Waals surface area (Å²) in [7, 11) is 1.61. The van der Waals surface area contributed by atoms with E-state index >= 15 is 0 Å². The van der Waals surface area contributed by atoms with Crippen LogP contribution in [0.1, 0.15) is 17.3 Å². The van der Waals surface area contributed by atoms with Crippen molar-refractivity contribution in [1.82, 2.24) is 9.88 Å². The van der Waals surface area contributed by atoms with Gasteiger partial charge in [0.15, 0.2) is 0 Å². The lowest BCUT2D eigenvalue weighted by Gasteiger charge is -2.17. The van der Waals surface area contributed by atoms with E-state index in [9.17, 15) is 9.59 Å². The Morgan fingerprint density at radius 3 is 2.94 bits per heavy atom. The minimum Gasteiger partial charge on any atom is -0.340 e. The molecule has 0 bridgehead atoms. The molecule has 5 heteroatoms. The zero-order valence-corrected chi connectivity index (χ0v) is 9.23. The third-order valence-electron chi connectivity index (χ3n) is 2.14. The topological polar surface area (TPSA) is 77.0 Å². The van der Waals surface area contributed by atoms with Crippen molar-refractivity contribution in [3.63, 3.8) is 0 Å². The largest absolute Gasteiger partial charge is 0.340 e.